The Bertz CT molecular complexity index is 611. The van der Waals surface area contributed by atoms with Crippen LogP contribution in [0.15, 0.2) is 36.4 Å². The van der Waals surface area contributed by atoms with Crippen LogP contribution in [0, 0.1) is 6.92 Å². The molecular weight excluding hydrogens is 295 g/mol. The van der Waals surface area contributed by atoms with Gasteiger partial charge in [-0.3, -0.25) is 0 Å². The summed E-state index contributed by atoms with van der Waals surface area (Å²) >= 11 is 12.0. The van der Waals surface area contributed by atoms with Gasteiger partial charge in [-0.2, -0.15) is 0 Å². The monoisotopic (exact) mass is 310 g/mol. The van der Waals surface area contributed by atoms with Crippen LogP contribution >= 0.6 is 23.2 Å². The predicted molar refractivity (Wildman–Crippen MR) is 82.9 cm³/mol. The Morgan fingerprint density at radius 3 is 2.55 bits per heavy atom. The number of halogens is 2. The zero-order chi connectivity index (χ0) is 14.7. The van der Waals surface area contributed by atoms with Crippen molar-refractivity contribution in [2.75, 3.05) is 7.11 Å². The zero-order valence-electron chi connectivity index (χ0n) is 11.4. The molecule has 0 spiro atoms. The van der Waals surface area contributed by atoms with Crippen LogP contribution in [0.5, 0.6) is 5.75 Å². The van der Waals surface area contributed by atoms with Crippen LogP contribution in [-0.2, 0) is 6.42 Å². The van der Waals surface area contributed by atoms with Crippen LogP contribution in [0.4, 0.5) is 0 Å². The van der Waals surface area contributed by atoms with Gasteiger partial charge < -0.3 is 9.84 Å². The molecule has 1 unspecified atom stereocenters. The van der Waals surface area contributed by atoms with E-state index in [1.165, 1.54) is 0 Å². The molecule has 2 nitrogen and oxygen atoms in total. The van der Waals surface area contributed by atoms with Crippen molar-refractivity contribution >= 4 is 23.2 Å². The highest BCUT2D eigenvalue weighted by atomic mass is 35.5. The van der Waals surface area contributed by atoms with Gasteiger partial charge in [-0.1, -0.05) is 41.4 Å². The molecule has 0 amide bonds. The Morgan fingerprint density at radius 2 is 1.90 bits per heavy atom. The standard InChI is InChI=1S/C16H16Cl2O2/c1-10-3-6-13(16(7-10)20-2)15(19)8-11-4-5-12(17)9-14(11)18/h3-7,9,15,19H,8H2,1-2H3. The molecule has 0 heterocycles. The zero-order valence-corrected chi connectivity index (χ0v) is 12.9. The normalized spacial score (nSPS) is 12.2. The summed E-state index contributed by atoms with van der Waals surface area (Å²) in [5, 5.41) is 11.5. The van der Waals surface area contributed by atoms with Crippen LogP contribution < -0.4 is 4.74 Å². The second-order valence-corrected chi connectivity index (χ2v) is 5.54. The first-order valence-electron chi connectivity index (χ1n) is 6.28. The molecule has 1 atom stereocenters. The van der Waals surface area contributed by atoms with E-state index in [1.807, 2.05) is 31.2 Å². The maximum atomic E-state index is 10.4. The molecule has 0 aliphatic rings. The van der Waals surface area contributed by atoms with Gasteiger partial charge in [-0.25, -0.2) is 0 Å². The quantitative estimate of drug-likeness (QED) is 0.895. The molecule has 0 aliphatic heterocycles. The summed E-state index contributed by atoms with van der Waals surface area (Å²) in [4.78, 5) is 0. The van der Waals surface area contributed by atoms with Crippen LogP contribution in [0.1, 0.15) is 22.8 Å². The minimum Gasteiger partial charge on any atom is -0.496 e. The second-order valence-electron chi connectivity index (χ2n) is 4.70. The Kier molecular flexibility index (Phi) is 4.92. The van der Waals surface area contributed by atoms with E-state index < -0.39 is 6.10 Å². The summed E-state index contributed by atoms with van der Waals surface area (Å²) in [7, 11) is 1.60. The fourth-order valence-electron chi connectivity index (χ4n) is 2.10. The van der Waals surface area contributed by atoms with Crippen LogP contribution in [0.25, 0.3) is 0 Å². The van der Waals surface area contributed by atoms with E-state index in [4.69, 9.17) is 27.9 Å². The van der Waals surface area contributed by atoms with E-state index >= 15 is 0 Å². The van der Waals surface area contributed by atoms with Crippen molar-refractivity contribution in [2.24, 2.45) is 0 Å². The van der Waals surface area contributed by atoms with Gasteiger partial charge in [0, 0.05) is 22.0 Å². The Balaban J connectivity index is 2.25. The maximum absolute atomic E-state index is 10.4. The SMILES string of the molecule is COc1cc(C)ccc1C(O)Cc1ccc(Cl)cc1Cl. The molecule has 106 valence electrons. The molecule has 20 heavy (non-hydrogen) atoms. The van der Waals surface area contributed by atoms with Crippen molar-refractivity contribution in [3.63, 3.8) is 0 Å². The van der Waals surface area contributed by atoms with Crippen molar-refractivity contribution in [1.29, 1.82) is 0 Å². The lowest BCUT2D eigenvalue weighted by molar-refractivity contribution is 0.174. The Labute approximate surface area is 128 Å². The minimum absolute atomic E-state index is 0.412. The predicted octanol–water partition coefficient (Wildman–Crippen LogP) is 4.59. The van der Waals surface area contributed by atoms with Crippen molar-refractivity contribution in [1.82, 2.24) is 0 Å². The third-order valence-corrected chi connectivity index (χ3v) is 3.76. The van der Waals surface area contributed by atoms with Gasteiger partial charge in [0.2, 0.25) is 0 Å². The summed E-state index contributed by atoms with van der Waals surface area (Å²) < 4.78 is 5.32. The lowest BCUT2D eigenvalue weighted by Gasteiger charge is -2.16. The summed E-state index contributed by atoms with van der Waals surface area (Å²) in [6.45, 7) is 1.98. The minimum atomic E-state index is -0.677. The molecule has 0 saturated carbocycles. The molecule has 0 aromatic heterocycles. The molecule has 2 aromatic rings. The number of hydrogen-bond donors (Lipinski definition) is 1. The molecule has 2 aromatic carbocycles. The Hall–Kier alpha value is -1.22. The second kappa shape index (κ2) is 6.49. The van der Waals surface area contributed by atoms with Crippen LogP contribution in [-0.4, -0.2) is 12.2 Å². The highest BCUT2D eigenvalue weighted by Gasteiger charge is 2.15. The van der Waals surface area contributed by atoms with Gasteiger partial charge in [-0.15, -0.1) is 0 Å². The highest BCUT2D eigenvalue weighted by molar-refractivity contribution is 6.35. The molecule has 4 heteroatoms. The molecule has 0 saturated heterocycles. The molecule has 0 radical (unpaired) electrons. The van der Waals surface area contributed by atoms with Crippen molar-refractivity contribution < 1.29 is 9.84 Å². The summed E-state index contributed by atoms with van der Waals surface area (Å²) in [5.41, 5.74) is 2.69. The Morgan fingerprint density at radius 1 is 1.15 bits per heavy atom. The van der Waals surface area contributed by atoms with Crippen molar-refractivity contribution in [2.45, 2.75) is 19.4 Å². The molecular formula is C16H16Cl2O2. The molecule has 0 fully saturated rings. The number of benzene rings is 2. The van der Waals surface area contributed by atoms with E-state index in [1.54, 1.807) is 19.2 Å². The molecule has 2 rings (SSSR count). The van der Waals surface area contributed by atoms with E-state index in [0.29, 0.717) is 22.2 Å². The van der Waals surface area contributed by atoms with Gasteiger partial charge in [-0.05, 0) is 36.2 Å². The number of hydrogen-bond acceptors (Lipinski definition) is 2. The lowest BCUT2D eigenvalue weighted by atomic mass is 9.99. The summed E-state index contributed by atoms with van der Waals surface area (Å²) in [6.07, 6.45) is -0.265. The number of aryl methyl sites for hydroxylation is 1. The highest BCUT2D eigenvalue weighted by Crippen LogP contribution is 2.31. The van der Waals surface area contributed by atoms with Gasteiger partial charge in [0.1, 0.15) is 5.75 Å². The average molecular weight is 311 g/mol. The smallest absolute Gasteiger partial charge is 0.124 e. The van der Waals surface area contributed by atoms with Crippen LogP contribution in [0.3, 0.4) is 0 Å². The molecule has 1 N–H and O–H groups in total. The molecule has 0 bridgehead atoms. The largest absolute Gasteiger partial charge is 0.496 e. The van der Waals surface area contributed by atoms with Crippen molar-refractivity contribution in [3.8, 4) is 5.75 Å². The third kappa shape index (κ3) is 3.45. The van der Waals surface area contributed by atoms with Gasteiger partial charge >= 0.3 is 0 Å². The lowest BCUT2D eigenvalue weighted by Crippen LogP contribution is -2.05. The summed E-state index contributed by atoms with van der Waals surface area (Å²) in [6, 6.07) is 11.0. The number of methoxy groups -OCH3 is 1. The fraction of sp³-hybridized carbons (Fsp3) is 0.250. The van der Waals surface area contributed by atoms with Crippen molar-refractivity contribution in [3.05, 3.63) is 63.1 Å². The number of rotatable bonds is 4. The average Bonchev–Trinajstić information content (AvgIpc) is 2.41. The van der Waals surface area contributed by atoms with Gasteiger partial charge in [0.25, 0.3) is 0 Å². The number of aliphatic hydroxyl groups excluding tert-OH is 1. The first kappa shape index (κ1) is 15.2. The van der Waals surface area contributed by atoms with E-state index in [-0.39, 0.29) is 0 Å². The van der Waals surface area contributed by atoms with E-state index in [0.717, 1.165) is 16.7 Å². The van der Waals surface area contributed by atoms with E-state index in [9.17, 15) is 5.11 Å². The summed E-state index contributed by atoms with van der Waals surface area (Å²) in [5.74, 6) is 0.683. The maximum Gasteiger partial charge on any atom is 0.124 e. The number of aliphatic hydroxyl groups is 1. The van der Waals surface area contributed by atoms with Gasteiger partial charge in [0.15, 0.2) is 0 Å². The first-order chi connectivity index (χ1) is 9.51. The first-order valence-corrected chi connectivity index (χ1v) is 7.03. The van der Waals surface area contributed by atoms with Gasteiger partial charge in [0.05, 0.1) is 13.2 Å². The third-order valence-electron chi connectivity index (χ3n) is 3.18. The van der Waals surface area contributed by atoms with E-state index in [2.05, 4.69) is 0 Å². The fourth-order valence-corrected chi connectivity index (χ4v) is 2.58. The molecule has 0 aliphatic carbocycles. The van der Waals surface area contributed by atoms with Crippen LogP contribution in [0.2, 0.25) is 10.0 Å². The topological polar surface area (TPSA) is 29.5 Å². The number of ether oxygens (including phenoxy) is 1.